The number of amides is 1. The number of rotatable bonds is 7. The van der Waals surface area contributed by atoms with Gasteiger partial charge in [-0.25, -0.2) is 4.79 Å². The smallest absolute Gasteiger partial charge is 0.414 e. The summed E-state index contributed by atoms with van der Waals surface area (Å²) in [5.74, 6) is -0.493. The number of H-pyrrole nitrogens is 1. The standard InChI is InChI=1S/C17H19N3O5/c18-6-11-1-3-13(4-2-11)20-9-14(25-17(20)23)10-24-15-8-19-7-12(15)5-16(21)22/h1-4,7-8,14,19H,5-6,9-10,18H2,(H,21,22). The number of aromatic amines is 1. The van der Waals surface area contributed by atoms with Gasteiger partial charge in [0.05, 0.1) is 13.0 Å². The maximum atomic E-state index is 12.1. The van der Waals surface area contributed by atoms with Gasteiger partial charge in [-0.3, -0.25) is 9.69 Å². The number of ether oxygens (including phenoxy) is 2. The molecular formula is C17H19N3O5. The van der Waals surface area contributed by atoms with E-state index in [1.807, 2.05) is 24.3 Å². The second-order valence-corrected chi connectivity index (χ2v) is 5.71. The topological polar surface area (TPSA) is 118 Å². The zero-order valence-electron chi connectivity index (χ0n) is 13.5. The molecule has 0 spiro atoms. The van der Waals surface area contributed by atoms with Gasteiger partial charge in [0.1, 0.15) is 12.4 Å². The highest BCUT2D eigenvalue weighted by Gasteiger charge is 2.33. The van der Waals surface area contributed by atoms with Crippen LogP contribution in [0.25, 0.3) is 0 Å². The number of nitrogens with two attached hydrogens (primary N) is 1. The Morgan fingerprint density at radius 1 is 1.36 bits per heavy atom. The quantitative estimate of drug-likeness (QED) is 0.700. The molecule has 1 aromatic heterocycles. The van der Waals surface area contributed by atoms with Crippen LogP contribution >= 0.6 is 0 Å². The lowest BCUT2D eigenvalue weighted by molar-refractivity contribution is -0.136. The molecule has 1 atom stereocenters. The SMILES string of the molecule is NCc1ccc(N2CC(COc3c[nH]cc3CC(=O)O)OC2=O)cc1. The minimum Gasteiger partial charge on any atom is -0.488 e. The maximum Gasteiger partial charge on any atom is 0.414 e. The number of anilines is 1. The van der Waals surface area contributed by atoms with E-state index in [0.717, 1.165) is 11.3 Å². The fraction of sp³-hybridized carbons (Fsp3) is 0.294. The maximum absolute atomic E-state index is 12.1. The summed E-state index contributed by atoms with van der Waals surface area (Å²) < 4.78 is 10.9. The zero-order chi connectivity index (χ0) is 17.8. The molecule has 1 unspecified atom stereocenters. The van der Waals surface area contributed by atoms with E-state index in [-0.39, 0.29) is 13.0 Å². The van der Waals surface area contributed by atoms with Gasteiger partial charge < -0.3 is 25.3 Å². The van der Waals surface area contributed by atoms with Crippen LogP contribution in [0.4, 0.5) is 10.5 Å². The van der Waals surface area contributed by atoms with Gasteiger partial charge in [-0.1, -0.05) is 12.1 Å². The summed E-state index contributed by atoms with van der Waals surface area (Å²) in [7, 11) is 0. The average molecular weight is 345 g/mol. The number of carbonyl (C=O) groups excluding carboxylic acids is 1. The van der Waals surface area contributed by atoms with Crippen molar-refractivity contribution in [2.45, 2.75) is 19.1 Å². The van der Waals surface area contributed by atoms with Crippen LogP contribution in [-0.2, 0) is 22.5 Å². The minimum atomic E-state index is -0.941. The fourth-order valence-electron chi connectivity index (χ4n) is 2.63. The van der Waals surface area contributed by atoms with Gasteiger partial charge >= 0.3 is 12.1 Å². The number of cyclic esters (lactones) is 1. The zero-order valence-corrected chi connectivity index (χ0v) is 13.5. The van der Waals surface area contributed by atoms with Gasteiger partial charge in [-0.2, -0.15) is 0 Å². The van der Waals surface area contributed by atoms with E-state index in [1.54, 1.807) is 12.4 Å². The molecule has 3 rings (SSSR count). The van der Waals surface area contributed by atoms with Gasteiger partial charge in [0, 0.05) is 30.2 Å². The van der Waals surface area contributed by atoms with E-state index in [9.17, 15) is 9.59 Å². The first-order chi connectivity index (χ1) is 12.1. The van der Waals surface area contributed by atoms with Crippen molar-refractivity contribution in [1.29, 1.82) is 0 Å². The van der Waals surface area contributed by atoms with E-state index in [0.29, 0.717) is 24.4 Å². The number of benzene rings is 1. The molecule has 0 bridgehead atoms. The third kappa shape index (κ3) is 3.92. The summed E-state index contributed by atoms with van der Waals surface area (Å²) in [6.45, 7) is 0.948. The summed E-state index contributed by atoms with van der Waals surface area (Å²) in [6, 6.07) is 7.38. The van der Waals surface area contributed by atoms with E-state index >= 15 is 0 Å². The van der Waals surface area contributed by atoms with Crippen molar-refractivity contribution in [1.82, 2.24) is 4.98 Å². The first kappa shape index (κ1) is 16.8. The third-order valence-corrected chi connectivity index (χ3v) is 3.91. The number of aromatic nitrogens is 1. The number of nitrogens with one attached hydrogen (secondary N) is 1. The Kier molecular flexibility index (Phi) is 4.90. The number of nitrogens with zero attached hydrogens (tertiary/aromatic N) is 1. The summed E-state index contributed by atoms with van der Waals surface area (Å²) in [6.07, 6.45) is 2.15. The van der Waals surface area contributed by atoms with Gasteiger partial charge in [-0.05, 0) is 17.7 Å². The van der Waals surface area contributed by atoms with Crippen LogP contribution in [-0.4, -0.2) is 41.4 Å². The normalized spacial score (nSPS) is 16.8. The Morgan fingerprint density at radius 3 is 2.80 bits per heavy atom. The molecule has 2 aromatic rings. The molecule has 0 aliphatic carbocycles. The van der Waals surface area contributed by atoms with Gasteiger partial charge in [0.15, 0.2) is 6.10 Å². The molecule has 132 valence electrons. The molecule has 1 fully saturated rings. The number of hydrogen-bond acceptors (Lipinski definition) is 5. The minimum absolute atomic E-state index is 0.136. The molecule has 25 heavy (non-hydrogen) atoms. The number of carbonyl (C=O) groups is 2. The van der Waals surface area contributed by atoms with Crippen LogP contribution in [0.15, 0.2) is 36.7 Å². The second kappa shape index (κ2) is 7.27. The first-order valence-corrected chi connectivity index (χ1v) is 7.84. The first-order valence-electron chi connectivity index (χ1n) is 7.84. The van der Waals surface area contributed by atoms with Crippen LogP contribution in [0.1, 0.15) is 11.1 Å². The van der Waals surface area contributed by atoms with Crippen LogP contribution in [0, 0.1) is 0 Å². The van der Waals surface area contributed by atoms with Crippen molar-refractivity contribution in [3.63, 3.8) is 0 Å². The van der Waals surface area contributed by atoms with Gasteiger partial charge in [0.2, 0.25) is 0 Å². The summed E-state index contributed by atoms with van der Waals surface area (Å²) in [5.41, 5.74) is 7.83. The van der Waals surface area contributed by atoms with Gasteiger partial charge in [-0.15, -0.1) is 0 Å². The van der Waals surface area contributed by atoms with Crippen molar-refractivity contribution in [2.75, 3.05) is 18.1 Å². The highest BCUT2D eigenvalue weighted by Crippen LogP contribution is 2.24. The number of aliphatic carboxylic acids is 1. The number of hydrogen-bond donors (Lipinski definition) is 3. The number of carboxylic acid groups (broad SMARTS) is 1. The molecular weight excluding hydrogens is 326 g/mol. The molecule has 8 nitrogen and oxygen atoms in total. The largest absolute Gasteiger partial charge is 0.488 e. The fourth-order valence-corrected chi connectivity index (χ4v) is 2.63. The molecule has 0 radical (unpaired) electrons. The predicted molar refractivity (Wildman–Crippen MR) is 89.6 cm³/mol. The summed E-state index contributed by atoms with van der Waals surface area (Å²) >= 11 is 0. The lowest BCUT2D eigenvalue weighted by Crippen LogP contribution is -2.26. The highest BCUT2D eigenvalue weighted by molar-refractivity contribution is 5.89. The van der Waals surface area contributed by atoms with Crippen molar-refractivity contribution in [3.8, 4) is 5.75 Å². The van der Waals surface area contributed by atoms with Crippen LogP contribution in [0.3, 0.4) is 0 Å². The third-order valence-electron chi connectivity index (χ3n) is 3.91. The molecule has 1 amide bonds. The van der Waals surface area contributed by atoms with E-state index in [1.165, 1.54) is 4.90 Å². The molecule has 1 aliphatic rings. The van der Waals surface area contributed by atoms with E-state index in [2.05, 4.69) is 4.98 Å². The Labute approximate surface area is 144 Å². The molecule has 2 heterocycles. The monoisotopic (exact) mass is 345 g/mol. The second-order valence-electron chi connectivity index (χ2n) is 5.71. The molecule has 4 N–H and O–H groups in total. The average Bonchev–Trinajstić information content (AvgIpc) is 3.19. The van der Waals surface area contributed by atoms with E-state index in [4.69, 9.17) is 20.3 Å². The Bertz CT molecular complexity index is 756. The van der Waals surface area contributed by atoms with Crippen molar-refractivity contribution < 1.29 is 24.2 Å². The molecule has 1 saturated heterocycles. The highest BCUT2D eigenvalue weighted by atomic mass is 16.6. The van der Waals surface area contributed by atoms with Crippen LogP contribution < -0.4 is 15.4 Å². The lowest BCUT2D eigenvalue weighted by atomic mass is 10.2. The molecule has 1 aliphatic heterocycles. The molecule has 8 heteroatoms. The predicted octanol–water partition coefficient (Wildman–Crippen LogP) is 1.50. The van der Waals surface area contributed by atoms with Crippen LogP contribution in [0.2, 0.25) is 0 Å². The molecule has 0 saturated carbocycles. The van der Waals surface area contributed by atoms with Gasteiger partial charge in [0.25, 0.3) is 0 Å². The Morgan fingerprint density at radius 2 is 2.12 bits per heavy atom. The number of carboxylic acids is 1. The van der Waals surface area contributed by atoms with Crippen LogP contribution in [0.5, 0.6) is 5.75 Å². The van der Waals surface area contributed by atoms with Crippen molar-refractivity contribution in [2.24, 2.45) is 5.73 Å². The lowest BCUT2D eigenvalue weighted by Gasteiger charge is -2.13. The Balaban J connectivity index is 1.59. The van der Waals surface area contributed by atoms with E-state index < -0.39 is 18.2 Å². The molecule has 1 aromatic carbocycles. The summed E-state index contributed by atoms with van der Waals surface area (Å²) in [4.78, 5) is 27.2. The summed E-state index contributed by atoms with van der Waals surface area (Å²) in [5, 5.41) is 8.87. The van der Waals surface area contributed by atoms with Crippen molar-refractivity contribution in [3.05, 3.63) is 47.8 Å². The Hall–Kier alpha value is -3.00. The van der Waals surface area contributed by atoms with Crippen molar-refractivity contribution >= 4 is 17.7 Å².